The zero-order valence-corrected chi connectivity index (χ0v) is 15.8. The number of carbonyl (C=O) groups excluding carboxylic acids is 1. The van der Waals surface area contributed by atoms with Crippen LogP contribution in [0.5, 0.6) is 0 Å². The van der Waals surface area contributed by atoms with Crippen LogP contribution < -0.4 is 10.6 Å². The second-order valence-corrected chi connectivity index (χ2v) is 6.67. The summed E-state index contributed by atoms with van der Waals surface area (Å²) in [6.45, 7) is 0. The average molecular weight is 395 g/mol. The molecule has 0 spiro atoms. The van der Waals surface area contributed by atoms with E-state index in [4.69, 9.17) is 10.2 Å². The van der Waals surface area contributed by atoms with Crippen molar-refractivity contribution in [1.82, 2.24) is 15.0 Å². The number of pyridine rings is 1. The highest BCUT2D eigenvalue weighted by Gasteiger charge is 2.26. The second-order valence-electron chi connectivity index (χ2n) is 6.67. The molecule has 0 fully saturated rings. The number of para-hydroxylation sites is 3. The van der Waals surface area contributed by atoms with Crippen LogP contribution in [0.4, 0.5) is 17.3 Å². The maximum Gasteiger partial charge on any atom is 0.266 e. The molecule has 30 heavy (non-hydrogen) atoms. The first kappa shape index (κ1) is 17.7. The fourth-order valence-corrected chi connectivity index (χ4v) is 3.40. The number of carbonyl (C=O) groups is 1. The number of nitrogens with one attached hydrogen (secondary N) is 1. The van der Waals surface area contributed by atoms with E-state index in [9.17, 15) is 4.79 Å². The first-order valence-electron chi connectivity index (χ1n) is 9.34. The SMILES string of the molecule is Nc1ccccc1N(C(=O)c1ccnc2ccccc12)c1ncc(-c2ccco2)[nH]1. The summed E-state index contributed by atoms with van der Waals surface area (Å²) in [7, 11) is 0. The van der Waals surface area contributed by atoms with Crippen LogP contribution in [-0.4, -0.2) is 20.9 Å². The summed E-state index contributed by atoms with van der Waals surface area (Å²) in [5, 5.41) is 0.752. The van der Waals surface area contributed by atoms with Crippen LogP contribution in [0.25, 0.3) is 22.4 Å². The summed E-state index contributed by atoms with van der Waals surface area (Å²) >= 11 is 0. The number of aromatic nitrogens is 3. The van der Waals surface area contributed by atoms with Gasteiger partial charge in [-0.15, -0.1) is 0 Å². The molecule has 5 rings (SSSR count). The number of furan rings is 1. The quantitative estimate of drug-likeness (QED) is 0.427. The maximum absolute atomic E-state index is 13.8. The molecule has 1 amide bonds. The zero-order chi connectivity index (χ0) is 20.5. The molecule has 0 aliphatic carbocycles. The highest BCUT2D eigenvalue weighted by molar-refractivity contribution is 6.17. The van der Waals surface area contributed by atoms with Crippen molar-refractivity contribution in [2.75, 3.05) is 10.6 Å². The smallest absolute Gasteiger partial charge is 0.266 e. The minimum atomic E-state index is -0.271. The number of nitrogens with two attached hydrogens (primary N) is 1. The van der Waals surface area contributed by atoms with E-state index in [1.807, 2.05) is 42.5 Å². The molecule has 0 saturated carbocycles. The van der Waals surface area contributed by atoms with Gasteiger partial charge >= 0.3 is 0 Å². The average Bonchev–Trinajstić information content (AvgIpc) is 3.47. The fourth-order valence-electron chi connectivity index (χ4n) is 3.40. The van der Waals surface area contributed by atoms with Crippen molar-refractivity contribution in [3.63, 3.8) is 0 Å². The number of aromatic amines is 1. The lowest BCUT2D eigenvalue weighted by Crippen LogP contribution is -2.28. The van der Waals surface area contributed by atoms with Gasteiger partial charge in [0.15, 0.2) is 5.76 Å². The Morgan fingerprint density at radius 2 is 1.80 bits per heavy atom. The molecule has 0 aliphatic heterocycles. The van der Waals surface area contributed by atoms with Gasteiger partial charge in [-0.2, -0.15) is 0 Å². The van der Waals surface area contributed by atoms with Gasteiger partial charge in [-0.1, -0.05) is 30.3 Å². The number of H-pyrrole nitrogens is 1. The number of nitrogens with zero attached hydrogens (tertiary/aromatic N) is 3. The van der Waals surface area contributed by atoms with Crippen molar-refractivity contribution in [3.05, 3.63) is 91.0 Å². The van der Waals surface area contributed by atoms with E-state index >= 15 is 0 Å². The first-order chi connectivity index (χ1) is 14.7. The zero-order valence-electron chi connectivity index (χ0n) is 15.8. The Labute approximate surface area is 171 Å². The highest BCUT2D eigenvalue weighted by atomic mass is 16.3. The van der Waals surface area contributed by atoms with Gasteiger partial charge < -0.3 is 15.1 Å². The lowest BCUT2D eigenvalue weighted by atomic mass is 10.1. The van der Waals surface area contributed by atoms with Crippen molar-refractivity contribution in [2.24, 2.45) is 0 Å². The lowest BCUT2D eigenvalue weighted by Gasteiger charge is -2.22. The van der Waals surface area contributed by atoms with Gasteiger partial charge in [0.05, 0.1) is 34.9 Å². The summed E-state index contributed by atoms with van der Waals surface area (Å²) in [4.78, 5) is 27.2. The van der Waals surface area contributed by atoms with Crippen LogP contribution in [0.1, 0.15) is 10.4 Å². The molecule has 0 unspecified atom stereocenters. The fraction of sp³-hybridized carbons (Fsp3) is 0. The largest absolute Gasteiger partial charge is 0.463 e. The normalized spacial score (nSPS) is 10.9. The number of hydrogen-bond acceptors (Lipinski definition) is 5. The third-order valence-corrected chi connectivity index (χ3v) is 4.82. The van der Waals surface area contributed by atoms with Crippen LogP contribution in [0, 0.1) is 0 Å². The Balaban J connectivity index is 1.67. The van der Waals surface area contributed by atoms with Crippen molar-refractivity contribution in [1.29, 1.82) is 0 Å². The summed E-state index contributed by atoms with van der Waals surface area (Å²) in [5.41, 5.74) is 9.10. The number of anilines is 3. The molecule has 5 aromatic rings. The van der Waals surface area contributed by atoms with Gasteiger partial charge in [-0.25, -0.2) is 9.88 Å². The number of imidazole rings is 1. The molecular formula is C23H17N5O2. The number of fused-ring (bicyclic) bond motifs is 1. The molecule has 0 saturated heterocycles. The Kier molecular flexibility index (Phi) is 4.25. The summed E-state index contributed by atoms with van der Waals surface area (Å²) in [5.74, 6) is 0.689. The minimum absolute atomic E-state index is 0.271. The third-order valence-electron chi connectivity index (χ3n) is 4.82. The number of rotatable bonds is 4. The number of hydrogen-bond donors (Lipinski definition) is 2. The standard InChI is InChI=1S/C23H17N5O2/c24-17-7-2-4-9-20(17)28(23-26-14-19(27-23)21-10-5-13-30-21)22(29)16-11-12-25-18-8-3-1-6-15(16)18/h1-14H,24H2,(H,26,27). The van der Waals surface area contributed by atoms with Gasteiger partial charge in [0.2, 0.25) is 5.95 Å². The molecule has 3 aromatic heterocycles. The summed E-state index contributed by atoms with van der Waals surface area (Å²) in [6, 6.07) is 20.0. The number of nitrogen functional groups attached to an aromatic ring is 1. The molecule has 3 heterocycles. The van der Waals surface area contributed by atoms with Crippen LogP contribution in [-0.2, 0) is 0 Å². The van der Waals surface area contributed by atoms with E-state index in [0.29, 0.717) is 34.3 Å². The van der Waals surface area contributed by atoms with E-state index in [1.54, 1.807) is 42.9 Å². The van der Waals surface area contributed by atoms with Crippen LogP contribution in [0.15, 0.2) is 89.8 Å². The van der Waals surface area contributed by atoms with E-state index in [1.165, 1.54) is 4.90 Å². The Morgan fingerprint density at radius 3 is 2.63 bits per heavy atom. The van der Waals surface area contributed by atoms with Crippen LogP contribution in [0.2, 0.25) is 0 Å². The Bertz CT molecular complexity index is 1340. The Morgan fingerprint density at radius 1 is 0.967 bits per heavy atom. The molecule has 0 atom stereocenters. The number of benzene rings is 2. The molecule has 0 radical (unpaired) electrons. The minimum Gasteiger partial charge on any atom is -0.463 e. The second kappa shape index (κ2) is 7.21. The predicted molar refractivity (Wildman–Crippen MR) is 115 cm³/mol. The van der Waals surface area contributed by atoms with E-state index in [-0.39, 0.29) is 5.91 Å². The number of amides is 1. The molecular weight excluding hydrogens is 378 g/mol. The van der Waals surface area contributed by atoms with E-state index in [0.717, 1.165) is 10.9 Å². The van der Waals surface area contributed by atoms with E-state index < -0.39 is 0 Å². The molecule has 3 N–H and O–H groups in total. The Hall–Kier alpha value is -4.39. The molecule has 7 heteroatoms. The van der Waals surface area contributed by atoms with Gasteiger partial charge in [0.1, 0.15) is 5.69 Å². The highest BCUT2D eigenvalue weighted by Crippen LogP contribution is 2.32. The van der Waals surface area contributed by atoms with Crippen molar-refractivity contribution >= 4 is 34.1 Å². The monoisotopic (exact) mass is 395 g/mol. The van der Waals surface area contributed by atoms with Crippen molar-refractivity contribution in [2.45, 2.75) is 0 Å². The molecule has 0 aliphatic rings. The lowest BCUT2D eigenvalue weighted by molar-refractivity contribution is 0.0999. The molecule has 7 nitrogen and oxygen atoms in total. The van der Waals surface area contributed by atoms with Crippen molar-refractivity contribution in [3.8, 4) is 11.5 Å². The summed E-state index contributed by atoms with van der Waals surface area (Å²) < 4.78 is 5.44. The summed E-state index contributed by atoms with van der Waals surface area (Å²) in [6.07, 6.45) is 4.83. The van der Waals surface area contributed by atoms with Crippen LogP contribution in [0.3, 0.4) is 0 Å². The van der Waals surface area contributed by atoms with E-state index in [2.05, 4.69) is 15.0 Å². The molecule has 146 valence electrons. The third kappa shape index (κ3) is 2.98. The molecule has 0 bridgehead atoms. The van der Waals surface area contributed by atoms with Crippen LogP contribution >= 0.6 is 0 Å². The molecule has 2 aromatic carbocycles. The van der Waals surface area contributed by atoms with Gasteiger partial charge in [0.25, 0.3) is 5.91 Å². The van der Waals surface area contributed by atoms with Gasteiger partial charge in [0, 0.05) is 11.6 Å². The first-order valence-corrected chi connectivity index (χ1v) is 9.34. The maximum atomic E-state index is 13.8. The van der Waals surface area contributed by atoms with Gasteiger partial charge in [-0.3, -0.25) is 9.78 Å². The topological polar surface area (TPSA) is 101 Å². The predicted octanol–water partition coefficient (Wildman–Crippen LogP) is 4.78. The van der Waals surface area contributed by atoms with Gasteiger partial charge in [-0.05, 0) is 36.4 Å². The van der Waals surface area contributed by atoms with Crippen molar-refractivity contribution < 1.29 is 9.21 Å².